The normalized spacial score (nSPS) is 15.0. The molecule has 1 heterocycles. The number of anilines is 1. The number of nitrogens with two attached hydrogens (primary N) is 1. The Hall–Kier alpha value is -2.81. The maximum absolute atomic E-state index is 12.2. The Kier molecular flexibility index (Phi) is 5.15. The van der Waals surface area contributed by atoms with Gasteiger partial charge in [0.05, 0.1) is 0 Å². The molecule has 6 heteroatoms. The average Bonchev–Trinajstić information content (AvgIpc) is 2.56. The largest absolute Gasteiger partial charge is 0.366 e. The van der Waals surface area contributed by atoms with Crippen LogP contribution in [0, 0.1) is 11.3 Å². The van der Waals surface area contributed by atoms with Crippen molar-refractivity contribution in [1.29, 1.82) is 5.26 Å². The second-order valence-corrected chi connectivity index (χ2v) is 5.11. The minimum absolute atomic E-state index is 0.0703. The minimum atomic E-state index is -0.500. The Bertz CT molecular complexity index is 623. The van der Waals surface area contributed by atoms with Gasteiger partial charge in [0.2, 0.25) is 5.91 Å². The molecule has 1 aliphatic rings. The van der Waals surface area contributed by atoms with Gasteiger partial charge in [-0.1, -0.05) is 0 Å². The third-order valence-corrected chi connectivity index (χ3v) is 3.55. The number of carbonyl (C=O) groups is 2. The van der Waals surface area contributed by atoms with Gasteiger partial charge in [-0.2, -0.15) is 5.26 Å². The first kappa shape index (κ1) is 15.6. The topological polar surface area (TPSA) is 99.2 Å². The Balaban J connectivity index is 2.04. The second kappa shape index (κ2) is 7.27. The van der Waals surface area contributed by atoms with Crippen LogP contribution in [0.2, 0.25) is 0 Å². The summed E-state index contributed by atoms with van der Waals surface area (Å²) in [5.41, 5.74) is 6.31. The fourth-order valence-corrected chi connectivity index (χ4v) is 2.30. The molecule has 0 aliphatic carbocycles. The van der Waals surface area contributed by atoms with E-state index in [9.17, 15) is 9.59 Å². The SMILES string of the molecule is N#C/C(=C/Nc1ccc(C(N)=O)cc1)C(=O)N1CCCCC1. The summed E-state index contributed by atoms with van der Waals surface area (Å²) in [6.45, 7) is 1.40. The standard InChI is InChI=1S/C16H18N4O2/c17-10-13(16(22)20-8-2-1-3-9-20)11-19-14-6-4-12(5-7-14)15(18)21/h4-7,11,19H,1-3,8-9H2,(H2,18,21)/b13-11-. The van der Waals surface area contributed by atoms with Crippen LogP contribution >= 0.6 is 0 Å². The number of nitrogens with zero attached hydrogens (tertiary/aromatic N) is 2. The van der Waals surface area contributed by atoms with Gasteiger partial charge in [0, 0.05) is 30.5 Å². The molecule has 0 saturated carbocycles. The fourth-order valence-electron chi connectivity index (χ4n) is 2.30. The molecule has 0 bridgehead atoms. The number of nitrogens with one attached hydrogen (secondary N) is 1. The molecule has 3 N–H and O–H groups in total. The van der Waals surface area contributed by atoms with Gasteiger partial charge in [0.1, 0.15) is 11.6 Å². The predicted molar refractivity (Wildman–Crippen MR) is 82.7 cm³/mol. The first-order chi connectivity index (χ1) is 10.6. The van der Waals surface area contributed by atoms with Crippen molar-refractivity contribution in [3.05, 3.63) is 41.6 Å². The molecule has 22 heavy (non-hydrogen) atoms. The van der Waals surface area contributed by atoms with E-state index in [1.807, 2.05) is 6.07 Å². The summed E-state index contributed by atoms with van der Waals surface area (Å²) in [4.78, 5) is 24.9. The monoisotopic (exact) mass is 298 g/mol. The molecule has 1 fully saturated rings. The number of amides is 2. The highest BCUT2D eigenvalue weighted by atomic mass is 16.2. The molecule has 0 unspecified atom stereocenters. The summed E-state index contributed by atoms with van der Waals surface area (Å²) in [6.07, 6.45) is 4.48. The van der Waals surface area contributed by atoms with Crippen LogP contribution in [-0.2, 0) is 4.79 Å². The molecule has 114 valence electrons. The van der Waals surface area contributed by atoms with Crippen molar-refractivity contribution < 1.29 is 9.59 Å². The molecule has 6 nitrogen and oxygen atoms in total. The smallest absolute Gasteiger partial charge is 0.266 e. The lowest BCUT2D eigenvalue weighted by molar-refractivity contribution is -0.127. The number of rotatable bonds is 4. The number of piperidine rings is 1. The van der Waals surface area contributed by atoms with Crippen LogP contribution < -0.4 is 11.1 Å². The lowest BCUT2D eigenvalue weighted by Crippen LogP contribution is -2.36. The van der Waals surface area contributed by atoms with Crippen LogP contribution in [0.1, 0.15) is 29.6 Å². The van der Waals surface area contributed by atoms with E-state index in [4.69, 9.17) is 11.0 Å². The molecule has 2 amide bonds. The summed E-state index contributed by atoms with van der Waals surface area (Å²) in [7, 11) is 0. The second-order valence-electron chi connectivity index (χ2n) is 5.11. The molecular weight excluding hydrogens is 280 g/mol. The van der Waals surface area contributed by atoms with Gasteiger partial charge >= 0.3 is 0 Å². The number of primary amides is 1. The average molecular weight is 298 g/mol. The lowest BCUT2D eigenvalue weighted by atomic mass is 10.1. The molecule has 1 aliphatic heterocycles. The summed E-state index contributed by atoms with van der Waals surface area (Å²) in [6, 6.07) is 8.42. The molecule has 0 spiro atoms. The van der Waals surface area contributed by atoms with Crippen molar-refractivity contribution in [2.75, 3.05) is 18.4 Å². The van der Waals surface area contributed by atoms with Crippen LogP contribution in [0.5, 0.6) is 0 Å². The molecule has 2 rings (SSSR count). The van der Waals surface area contributed by atoms with Crippen molar-refractivity contribution >= 4 is 17.5 Å². The number of benzene rings is 1. The zero-order chi connectivity index (χ0) is 15.9. The van der Waals surface area contributed by atoms with Crippen LogP contribution in [0.4, 0.5) is 5.69 Å². The summed E-state index contributed by atoms with van der Waals surface area (Å²) in [5, 5.41) is 12.1. The Morgan fingerprint density at radius 2 is 1.82 bits per heavy atom. The molecule has 1 aromatic rings. The van der Waals surface area contributed by atoms with Crippen LogP contribution in [0.25, 0.3) is 0 Å². The fraction of sp³-hybridized carbons (Fsp3) is 0.312. The van der Waals surface area contributed by atoms with E-state index in [0.717, 1.165) is 19.3 Å². The van der Waals surface area contributed by atoms with E-state index >= 15 is 0 Å². The zero-order valence-corrected chi connectivity index (χ0v) is 12.2. The number of nitriles is 1. The molecule has 1 aromatic carbocycles. The van der Waals surface area contributed by atoms with Crippen molar-refractivity contribution in [2.24, 2.45) is 5.73 Å². The highest BCUT2D eigenvalue weighted by Gasteiger charge is 2.20. The number of likely N-dealkylation sites (tertiary alicyclic amines) is 1. The van der Waals surface area contributed by atoms with Crippen molar-refractivity contribution in [2.45, 2.75) is 19.3 Å². The van der Waals surface area contributed by atoms with Gasteiger partial charge in [-0.25, -0.2) is 0 Å². The predicted octanol–water partition coefficient (Wildman–Crippen LogP) is 1.62. The molecule has 0 radical (unpaired) electrons. The highest BCUT2D eigenvalue weighted by Crippen LogP contribution is 2.13. The van der Waals surface area contributed by atoms with Crippen LogP contribution in [0.15, 0.2) is 36.0 Å². The maximum Gasteiger partial charge on any atom is 0.266 e. The van der Waals surface area contributed by atoms with Gasteiger partial charge in [-0.05, 0) is 43.5 Å². The molecular formula is C16H18N4O2. The third-order valence-electron chi connectivity index (χ3n) is 3.55. The lowest BCUT2D eigenvalue weighted by Gasteiger charge is -2.26. The first-order valence-corrected chi connectivity index (χ1v) is 7.18. The number of hydrogen-bond donors (Lipinski definition) is 2. The number of carbonyl (C=O) groups excluding carboxylic acids is 2. The Morgan fingerprint density at radius 1 is 1.18 bits per heavy atom. The van der Waals surface area contributed by atoms with Crippen molar-refractivity contribution in [1.82, 2.24) is 4.90 Å². The van der Waals surface area contributed by atoms with E-state index in [1.54, 1.807) is 29.2 Å². The zero-order valence-electron chi connectivity index (χ0n) is 12.2. The minimum Gasteiger partial charge on any atom is -0.366 e. The van der Waals surface area contributed by atoms with Crippen LogP contribution in [-0.4, -0.2) is 29.8 Å². The Labute approximate surface area is 129 Å². The molecule has 1 saturated heterocycles. The summed E-state index contributed by atoms with van der Waals surface area (Å²) < 4.78 is 0. The van der Waals surface area contributed by atoms with Gasteiger partial charge in [-0.15, -0.1) is 0 Å². The third kappa shape index (κ3) is 3.85. The van der Waals surface area contributed by atoms with E-state index in [1.165, 1.54) is 6.20 Å². The van der Waals surface area contributed by atoms with Crippen LogP contribution in [0.3, 0.4) is 0 Å². The first-order valence-electron chi connectivity index (χ1n) is 7.18. The Morgan fingerprint density at radius 3 is 2.36 bits per heavy atom. The summed E-state index contributed by atoms with van der Waals surface area (Å²) in [5.74, 6) is -0.747. The van der Waals surface area contributed by atoms with Gasteiger partial charge in [0.25, 0.3) is 5.91 Å². The molecule has 0 atom stereocenters. The van der Waals surface area contributed by atoms with Crippen molar-refractivity contribution in [3.8, 4) is 6.07 Å². The maximum atomic E-state index is 12.2. The highest BCUT2D eigenvalue weighted by molar-refractivity contribution is 5.97. The van der Waals surface area contributed by atoms with Crippen molar-refractivity contribution in [3.63, 3.8) is 0 Å². The van der Waals surface area contributed by atoms with Gasteiger partial charge in [0.15, 0.2) is 0 Å². The summed E-state index contributed by atoms with van der Waals surface area (Å²) >= 11 is 0. The molecule has 0 aromatic heterocycles. The van der Waals surface area contributed by atoms with E-state index < -0.39 is 5.91 Å². The van der Waals surface area contributed by atoms with E-state index in [-0.39, 0.29) is 11.5 Å². The van der Waals surface area contributed by atoms with Gasteiger partial charge < -0.3 is 16.0 Å². The quantitative estimate of drug-likeness (QED) is 0.651. The van der Waals surface area contributed by atoms with E-state index in [0.29, 0.717) is 24.3 Å². The number of hydrogen-bond acceptors (Lipinski definition) is 4. The van der Waals surface area contributed by atoms with E-state index in [2.05, 4.69) is 5.32 Å². The van der Waals surface area contributed by atoms with Gasteiger partial charge in [-0.3, -0.25) is 9.59 Å².